The van der Waals surface area contributed by atoms with Gasteiger partial charge < -0.3 is 10.6 Å². The maximum Gasteiger partial charge on any atom is 0.256 e. The lowest BCUT2D eigenvalue weighted by molar-refractivity contribution is -0.114. The van der Waals surface area contributed by atoms with E-state index in [4.69, 9.17) is 4.98 Å². The molecule has 0 aliphatic heterocycles. The fourth-order valence-electron chi connectivity index (χ4n) is 3.91. The highest BCUT2D eigenvalue weighted by molar-refractivity contribution is 6.14. The van der Waals surface area contributed by atoms with E-state index in [9.17, 15) is 18.4 Å². The molecule has 0 unspecified atom stereocenters. The van der Waals surface area contributed by atoms with Gasteiger partial charge >= 0.3 is 0 Å². The van der Waals surface area contributed by atoms with E-state index in [0.717, 1.165) is 48.6 Å². The fraction of sp³-hybridized carbons (Fsp3) is 0.261. The number of carbonyl (C=O) groups excluding carboxylic acids is 2. The summed E-state index contributed by atoms with van der Waals surface area (Å²) in [5.74, 6) is -2.81. The van der Waals surface area contributed by atoms with Crippen molar-refractivity contribution >= 4 is 34.1 Å². The minimum absolute atomic E-state index is 0.198. The van der Waals surface area contributed by atoms with Gasteiger partial charge in [0.05, 0.1) is 22.5 Å². The zero-order chi connectivity index (χ0) is 21.4. The second-order valence-corrected chi connectivity index (χ2v) is 7.59. The van der Waals surface area contributed by atoms with E-state index in [1.165, 1.54) is 6.92 Å². The Kier molecular flexibility index (Phi) is 5.20. The first kappa shape index (κ1) is 19.9. The number of fused-ring (bicyclic) bond motifs is 2. The summed E-state index contributed by atoms with van der Waals surface area (Å²) in [6.07, 6.45) is 3.46. The predicted octanol–water partition coefficient (Wildman–Crippen LogP) is 4.91. The number of hydrogen-bond acceptors (Lipinski definition) is 3. The van der Waals surface area contributed by atoms with E-state index in [0.29, 0.717) is 22.5 Å². The number of aromatic nitrogens is 1. The Hall–Kier alpha value is -3.35. The average molecular weight is 409 g/mol. The molecule has 0 radical (unpaired) electrons. The van der Waals surface area contributed by atoms with Crippen LogP contribution in [0.15, 0.2) is 30.3 Å². The van der Waals surface area contributed by atoms with Crippen molar-refractivity contribution in [3.8, 4) is 0 Å². The van der Waals surface area contributed by atoms with Crippen LogP contribution in [-0.4, -0.2) is 16.8 Å². The van der Waals surface area contributed by atoms with Crippen molar-refractivity contribution in [1.29, 1.82) is 0 Å². The molecule has 2 aromatic carbocycles. The third-order valence-electron chi connectivity index (χ3n) is 5.26. The Bertz CT molecular complexity index is 1190. The molecule has 5 nitrogen and oxygen atoms in total. The number of aryl methyl sites for hydroxylation is 2. The van der Waals surface area contributed by atoms with Crippen molar-refractivity contribution in [1.82, 2.24) is 4.98 Å². The molecule has 2 amide bonds. The Morgan fingerprint density at radius 3 is 2.40 bits per heavy atom. The Balaban J connectivity index is 1.81. The van der Waals surface area contributed by atoms with Gasteiger partial charge in [-0.05, 0) is 56.4 Å². The number of nitrogens with one attached hydrogen (secondary N) is 2. The molecule has 154 valence electrons. The highest BCUT2D eigenvalue weighted by Crippen LogP contribution is 2.31. The van der Waals surface area contributed by atoms with Crippen molar-refractivity contribution in [3.05, 3.63) is 64.4 Å². The van der Waals surface area contributed by atoms with Crippen molar-refractivity contribution < 1.29 is 18.4 Å². The third kappa shape index (κ3) is 3.75. The van der Waals surface area contributed by atoms with E-state index < -0.39 is 23.4 Å². The van der Waals surface area contributed by atoms with Crippen LogP contribution in [0.25, 0.3) is 10.9 Å². The maximum absolute atomic E-state index is 14.4. The van der Waals surface area contributed by atoms with Crippen LogP contribution in [0, 0.1) is 18.6 Å². The van der Waals surface area contributed by atoms with Crippen LogP contribution >= 0.6 is 0 Å². The van der Waals surface area contributed by atoms with Crippen molar-refractivity contribution in [2.24, 2.45) is 0 Å². The first-order chi connectivity index (χ1) is 14.3. The molecule has 1 heterocycles. The molecule has 0 saturated heterocycles. The van der Waals surface area contributed by atoms with Crippen LogP contribution in [0.5, 0.6) is 0 Å². The summed E-state index contributed by atoms with van der Waals surface area (Å²) in [5.41, 5.74) is 3.54. The molecule has 0 spiro atoms. The quantitative estimate of drug-likeness (QED) is 0.646. The molecule has 0 bridgehead atoms. The van der Waals surface area contributed by atoms with E-state index >= 15 is 0 Å². The predicted molar refractivity (Wildman–Crippen MR) is 112 cm³/mol. The number of amides is 2. The van der Waals surface area contributed by atoms with Gasteiger partial charge in [0.25, 0.3) is 5.91 Å². The third-order valence-corrected chi connectivity index (χ3v) is 5.26. The molecule has 0 fully saturated rings. The van der Waals surface area contributed by atoms with Crippen LogP contribution in [-0.2, 0) is 17.6 Å². The molecular formula is C23H21F2N3O2. The van der Waals surface area contributed by atoms with E-state index in [-0.39, 0.29) is 11.4 Å². The van der Waals surface area contributed by atoms with Gasteiger partial charge in [0.1, 0.15) is 11.6 Å². The number of benzene rings is 2. The van der Waals surface area contributed by atoms with Crippen molar-refractivity contribution in [2.45, 2.75) is 39.5 Å². The van der Waals surface area contributed by atoms with E-state index in [2.05, 4.69) is 10.6 Å². The molecule has 7 heteroatoms. The number of pyridine rings is 1. The Labute approximate surface area is 172 Å². The molecule has 30 heavy (non-hydrogen) atoms. The van der Waals surface area contributed by atoms with E-state index in [1.807, 2.05) is 25.1 Å². The second kappa shape index (κ2) is 7.82. The SMILES string of the molecule is CC(=O)Nc1cc(NC(=O)c2c3c(nc4ccc(C)cc24)CCCC3)c(F)cc1F. The zero-order valence-corrected chi connectivity index (χ0v) is 16.7. The number of hydrogen-bond donors (Lipinski definition) is 2. The largest absolute Gasteiger partial charge is 0.324 e. The minimum Gasteiger partial charge on any atom is -0.324 e. The highest BCUT2D eigenvalue weighted by atomic mass is 19.1. The molecule has 1 aromatic heterocycles. The number of rotatable bonds is 3. The fourth-order valence-corrected chi connectivity index (χ4v) is 3.91. The second-order valence-electron chi connectivity index (χ2n) is 7.59. The normalized spacial score (nSPS) is 13.1. The van der Waals surface area contributed by atoms with E-state index in [1.54, 1.807) is 0 Å². The maximum atomic E-state index is 14.4. The summed E-state index contributed by atoms with van der Waals surface area (Å²) in [7, 11) is 0. The number of halogens is 2. The molecule has 3 aromatic rings. The van der Waals surface area contributed by atoms with Gasteiger partial charge in [-0.3, -0.25) is 14.6 Å². The lowest BCUT2D eigenvalue weighted by atomic mass is 9.89. The first-order valence-corrected chi connectivity index (χ1v) is 9.83. The lowest BCUT2D eigenvalue weighted by Gasteiger charge is -2.21. The monoisotopic (exact) mass is 409 g/mol. The van der Waals surface area contributed by atoms with Gasteiger partial charge in [0, 0.05) is 24.1 Å². The first-order valence-electron chi connectivity index (χ1n) is 9.83. The smallest absolute Gasteiger partial charge is 0.256 e. The molecular weight excluding hydrogens is 388 g/mol. The van der Waals surface area contributed by atoms with Gasteiger partial charge in [0.2, 0.25) is 5.91 Å². The van der Waals surface area contributed by atoms with Crippen molar-refractivity contribution in [3.63, 3.8) is 0 Å². The number of nitrogens with zero attached hydrogens (tertiary/aromatic N) is 1. The summed E-state index contributed by atoms with van der Waals surface area (Å²) in [5, 5.41) is 5.57. The summed E-state index contributed by atoms with van der Waals surface area (Å²) in [4.78, 5) is 29.3. The van der Waals surface area contributed by atoms with Crippen LogP contribution in [0.3, 0.4) is 0 Å². The molecule has 0 saturated carbocycles. The lowest BCUT2D eigenvalue weighted by Crippen LogP contribution is -2.20. The van der Waals surface area contributed by atoms with Crippen molar-refractivity contribution in [2.75, 3.05) is 10.6 Å². The van der Waals surface area contributed by atoms with Gasteiger partial charge in [-0.1, -0.05) is 11.6 Å². The number of anilines is 2. The molecule has 1 aliphatic rings. The standard InChI is InChI=1S/C23H21F2N3O2/c1-12-7-8-19-15(9-12)22(14-5-3-4-6-18(14)27-19)23(30)28-21-11-20(26-13(2)29)16(24)10-17(21)25/h7-11H,3-6H2,1-2H3,(H,26,29)(H,28,30). The molecule has 0 atom stereocenters. The summed E-state index contributed by atoms with van der Waals surface area (Å²) in [6.45, 7) is 3.15. The Morgan fingerprint density at radius 1 is 0.967 bits per heavy atom. The number of carbonyl (C=O) groups is 2. The Morgan fingerprint density at radius 2 is 1.67 bits per heavy atom. The molecule has 2 N–H and O–H groups in total. The zero-order valence-electron chi connectivity index (χ0n) is 16.7. The van der Waals surface area contributed by atoms with Gasteiger partial charge in [-0.2, -0.15) is 0 Å². The van der Waals surface area contributed by atoms with Crippen LogP contribution in [0.4, 0.5) is 20.2 Å². The molecule has 1 aliphatic carbocycles. The van der Waals surface area contributed by atoms with Gasteiger partial charge in [0.15, 0.2) is 0 Å². The molecule has 4 rings (SSSR count). The average Bonchev–Trinajstić information content (AvgIpc) is 2.69. The van der Waals surface area contributed by atoms with Gasteiger partial charge in [-0.25, -0.2) is 8.78 Å². The van der Waals surface area contributed by atoms with Gasteiger partial charge in [-0.15, -0.1) is 0 Å². The summed E-state index contributed by atoms with van der Waals surface area (Å²) >= 11 is 0. The highest BCUT2D eigenvalue weighted by Gasteiger charge is 2.24. The van der Waals surface area contributed by atoms with Crippen LogP contribution < -0.4 is 10.6 Å². The minimum atomic E-state index is -0.918. The summed E-state index contributed by atoms with van der Waals surface area (Å²) < 4.78 is 28.3. The summed E-state index contributed by atoms with van der Waals surface area (Å²) in [6, 6.07) is 7.45. The topological polar surface area (TPSA) is 71.1 Å². The van der Waals surface area contributed by atoms with Crippen LogP contribution in [0.1, 0.15) is 46.9 Å². The van der Waals surface area contributed by atoms with Crippen LogP contribution in [0.2, 0.25) is 0 Å².